The lowest BCUT2D eigenvalue weighted by Gasteiger charge is -2.13. The number of nitrogens with zero attached hydrogens (tertiary/aromatic N) is 3. The van der Waals surface area contributed by atoms with Crippen LogP contribution in [0.3, 0.4) is 0 Å². The lowest BCUT2D eigenvalue weighted by molar-refractivity contribution is 0.268. The molecule has 21 heavy (non-hydrogen) atoms. The largest absolute Gasteiger partial charge is 0.394 e. The molecule has 0 aliphatic heterocycles. The monoisotopic (exact) mass is 288 g/mol. The van der Waals surface area contributed by atoms with Gasteiger partial charge in [-0.1, -0.05) is 0 Å². The number of hydrogen-bond donors (Lipinski definition) is 2. The SMILES string of the molecule is Cc1nn(CCO)c(C)c1CNc1ccc(N(C)C)cc1. The Morgan fingerprint density at radius 1 is 1.19 bits per heavy atom. The van der Waals surface area contributed by atoms with E-state index in [2.05, 4.69) is 39.6 Å². The number of aliphatic hydroxyl groups is 1. The number of aryl methyl sites for hydroxylation is 1. The van der Waals surface area contributed by atoms with Crippen LogP contribution < -0.4 is 10.2 Å². The van der Waals surface area contributed by atoms with Gasteiger partial charge in [-0.2, -0.15) is 5.10 Å². The van der Waals surface area contributed by atoms with Gasteiger partial charge in [0.2, 0.25) is 0 Å². The topological polar surface area (TPSA) is 53.3 Å². The minimum absolute atomic E-state index is 0.112. The van der Waals surface area contributed by atoms with Crippen LogP contribution in [0, 0.1) is 13.8 Å². The normalized spacial score (nSPS) is 10.7. The highest BCUT2D eigenvalue weighted by atomic mass is 16.3. The second kappa shape index (κ2) is 6.63. The van der Waals surface area contributed by atoms with Gasteiger partial charge < -0.3 is 15.3 Å². The molecule has 0 fully saturated rings. The average Bonchev–Trinajstić information content (AvgIpc) is 2.72. The van der Waals surface area contributed by atoms with Crippen molar-refractivity contribution in [2.45, 2.75) is 26.9 Å². The molecule has 1 aromatic heterocycles. The molecule has 0 bridgehead atoms. The number of aliphatic hydroxyl groups excluding tert-OH is 1. The number of anilines is 2. The van der Waals surface area contributed by atoms with Crippen LogP contribution >= 0.6 is 0 Å². The standard InChI is InChI=1S/C16H24N4O/c1-12-16(13(2)20(18-12)9-10-21)11-17-14-5-7-15(8-6-14)19(3)4/h5-8,17,21H,9-11H2,1-4H3. The summed E-state index contributed by atoms with van der Waals surface area (Å²) in [5.41, 5.74) is 5.59. The fourth-order valence-corrected chi connectivity index (χ4v) is 2.37. The molecule has 0 amide bonds. The fourth-order valence-electron chi connectivity index (χ4n) is 2.37. The number of nitrogens with one attached hydrogen (secondary N) is 1. The third kappa shape index (κ3) is 3.55. The van der Waals surface area contributed by atoms with Gasteiger partial charge in [-0.3, -0.25) is 4.68 Å². The first-order chi connectivity index (χ1) is 10.0. The molecule has 0 saturated carbocycles. The molecule has 0 aliphatic carbocycles. The fraction of sp³-hybridized carbons (Fsp3) is 0.438. The van der Waals surface area contributed by atoms with Crippen molar-refractivity contribution in [3.05, 3.63) is 41.2 Å². The molecular weight excluding hydrogens is 264 g/mol. The highest BCUT2D eigenvalue weighted by Gasteiger charge is 2.10. The van der Waals surface area contributed by atoms with Crippen molar-refractivity contribution in [1.82, 2.24) is 9.78 Å². The summed E-state index contributed by atoms with van der Waals surface area (Å²) >= 11 is 0. The number of aromatic nitrogens is 2. The molecule has 0 atom stereocenters. The van der Waals surface area contributed by atoms with Crippen molar-refractivity contribution in [2.75, 3.05) is 30.9 Å². The van der Waals surface area contributed by atoms with Crippen LogP contribution in [-0.4, -0.2) is 35.6 Å². The van der Waals surface area contributed by atoms with Crippen LogP contribution in [0.1, 0.15) is 17.0 Å². The Bertz CT molecular complexity index is 587. The average molecular weight is 288 g/mol. The van der Waals surface area contributed by atoms with Crippen LogP contribution in [0.2, 0.25) is 0 Å². The van der Waals surface area contributed by atoms with Gasteiger partial charge in [-0.15, -0.1) is 0 Å². The van der Waals surface area contributed by atoms with Crippen LogP contribution in [-0.2, 0) is 13.1 Å². The molecule has 1 heterocycles. The first-order valence-corrected chi connectivity index (χ1v) is 7.18. The van der Waals surface area contributed by atoms with E-state index in [9.17, 15) is 0 Å². The van der Waals surface area contributed by atoms with Crippen molar-refractivity contribution in [1.29, 1.82) is 0 Å². The van der Waals surface area contributed by atoms with Crippen LogP contribution in [0.15, 0.2) is 24.3 Å². The summed E-state index contributed by atoms with van der Waals surface area (Å²) in [5, 5.41) is 16.9. The minimum Gasteiger partial charge on any atom is -0.394 e. The van der Waals surface area contributed by atoms with E-state index in [1.54, 1.807) is 0 Å². The van der Waals surface area contributed by atoms with Crippen molar-refractivity contribution < 1.29 is 5.11 Å². The molecule has 0 unspecified atom stereocenters. The van der Waals surface area contributed by atoms with Gasteiger partial charge in [-0.05, 0) is 38.1 Å². The first kappa shape index (κ1) is 15.4. The van der Waals surface area contributed by atoms with E-state index in [0.29, 0.717) is 6.54 Å². The molecule has 2 rings (SSSR count). The predicted octanol–water partition coefficient (Wildman–Crippen LogP) is 2.17. The summed E-state index contributed by atoms with van der Waals surface area (Å²) in [7, 11) is 4.06. The lowest BCUT2D eigenvalue weighted by Crippen LogP contribution is -2.09. The Balaban J connectivity index is 2.06. The molecule has 0 aliphatic rings. The molecular formula is C16H24N4O. The quantitative estimate of drug-likeness (QED) is 0.855. The molecule has 0 radical (unpaired) electrons. The Labute approximate surface area is 126 Å². The summed E-state index contributed by atoms with van der Waals surface area (Å²) in [6, 6.07) is 8.35. The Morgan fingerprint density at radius 2 is 1.86 bits per heavy atom. The van der Waals surface area contributed by atoms with E-state index in [0.717, 1.165) is 23.6 Å². The van der Waals surface area contributed by atoms with E-state index < -0.39 is 0 Å². The Morgan fingerprint density at radius 3 is 2.43 bits per heavy atom. The molecule has 0 saturated heterocycles. The van der Waals surface area contributed by atoms with Gasteiger partial charge in [0.25, 0.3) is 0 Å². The molecule has 5 nitrogen and oxygen atoms in total. The third-order valence-corrected chi connectivity index (χ3v) is 3.70. The van der Waals surface area contributed by atoms with E-state index in [-0.39, 0.29) is 6.61 Å². The first-order valence-electron chi connectivity index (χ1n) is 7.18. The molecule has 1 aromatic carbocycles. The summed E-state index contributed by atoms with van der Waals surface area (Å²) in [4.78, 5) is 2.08. The number of benzene rings is 1. The maximum Gasteiger partial charge on any atom is 0.0646 e. The molecule has 114 valence electrons. The lowest BCUT2D eigenvalue weighted by atomic mass is 10.2. The number of hydrogen-bond acceptors (Lipinski definition) is 4. The van der Waals surface area contributed by atoms with Crippen molar-refractivity contribution >= 4 is 11.4 Å². The zero-order chi connectivity index (χ0) is 15.4. The highest BCUT2D eigenvalue weighted by molar-refractivity contribution is 5.54. The van der Waals surface area contributed by atoms with E-state index in [4.69, 9.17) is 5.11 Å². The van der Waals surface area contributed by atoms with Crippen LogP contribution in [0.25, 0.3) is 0 Å². The second-order valence-corrected chi connectivity index (χ2v) is 5.39. The molecule has 5 heteroatoms. The third-order valence-electron chi connectivity index (χ3n) is 3.70. The van der Waals surface area contributed by atoms with Gasteiger partial charge in [0.05, 0.1) is 18.8 Å². The van der Waals surface area contributed by atoms with Crippen molar-refractivity contribution in [3.8, 4) is 0 Å². The highest BCUT2D eigenvalue weighted by Crippen LogP contribution is 2.18. The zero-order valence-electron chi connectivity index (χ0n) is 13.2. The smallest absolute Gasteiger partial charge is 0.0646 e. The van der Waals surface area contributed by atoms with E-state index >= 15 is 0 Å². The van der Waals surface area contributed by atoms with Gasteiger partial charge >= 0.3 is 0 Å². The van der Waals surface area contributed by atoms with E-state index in [1.165, 1.54) is 11.3 Å². The summed E-state index contributed by atoms with van der Waals surface area (Å²) < 4.78 is 1.86. The Hall–Kier alpha value is -2.01. The van der Waals surface area contributed by atoms with Crippen LogP contribution in [0.5, 0.6) is 0 Å². The maximum atomic E-state index is 9.04. The zero-order valence-corrected chi connectivity index (χ0v) is 13.2. The molecule has 2 aromatic rings. The van der Waals surface area contributed by atoms with Crippen LogP contribution in [0.4, 0.5) is 11.4 Å². The summed E-state index contributed by atoms with van der Waals surface area (Å²) in [5.74, 6) is 0. The predicted molar refractivity (Wildman–Crippen MR) is 86.9 cm³/mol. The van der Waals surface area contributed by atoms with Crippen molar-refractivity contribution in [2.24, 2.45) is 0 Å². The van der Waals surface area contributed by atoms with E-state index in [1.807, 2.05) is 32.6 Å². The summed E-state index contributed by atoms with van der Waals surface area (Å²) in [6.45, 7) is 5.45. The maximum absolute atomic E-state index is 9.04. The van der Waals surface area contributed by atoms with Gasteiger partial charge in [0.1, 0.15) is 0 Å². The van der Waals surface area contributed by atoms with Crippen molar-refractivity contribution in [3.63, 3.8) is 0 Å². The second-order valence-electron chi connectivity index (χ2n) is 5.39. The van der Waals surface area contributed by atoms with Gasteiger partial charge in [-0.25, -0.2) is 0 Å². The number of rotatable bonds is 6. The molecule has 2 N–H and O–H groups in total. The molecule has 0 spiro atoms. The Kier molecular flexibility index (Phi) is 4.85. The summed E-state index contributed by atoms with van der Waals surface area (Å²) in [6.07, 6.45) is 0. The van der Waals surface area contributed by atoms with Gasteiger partial charge in [0, 0.05) is 43.3 Å². The van der Waals surface area contributed by atoms with Gasteiger partial charge in [0.15, 0.2) is 0 Å². The minimum atomic E-state index is 0.112.